The minimum absolute atomic E-state index is 0.291. The van der Waals surface area contributed by atoms with Gasteiger partial charge in [0.05, 0.1) is 18.0 Å². The maximum atomic E-state index is 12.2. The Morgan fingerprint density at radius 1 is 1.09 bits per heavy atom. The SMILES string of the molecule is CCOC(=O)n1nc(-c2ccccc2)cc1-c1ccc(Cl)cc1. The van der Waals surface area contributed by atoms with Crippen molar-refractivity contribution < 1.29 is 9.53 Å². The smallest absolute Gasteiger partial charge is 0.435 e. The van der Waals surface area contributed by atoms with E-state index in [2.05, 4.69) is 5.10 Å². The molecule has 3 rings (SSSR count). The molecule has 4 nitrogen and oxygen atoms in total. The molecule has 1 heterocycles. The van der Waals surface area contributed by atoms with Gasteiger partial charge in [-0.1, -0.05) is 54.1 Å². The fraction of sp³-hybridized carbons (Fsp3) is 0.111. The highest BCUT2D eigenvalue weighted by Gasteiger charge is 2.17. The van der Waals surface area contributed by atoms with Gasteiger partial charge in [-0.3, -0.25) is 0 Å². The summed E-state index contributed by atoms with van der Waals surface area (Å²) < 4.78 is 6.39. The summed E-state index contributed by atoms with van der Waals surface area (Å²) in [5.74, 6) is 0. The van der Waals surface area contributed by atoms with E-state index in [4.69, 9.17) is 16.3 Å². The molecular formula is C18H15ClN2O2. The number of hydrogen-bond donors (Lipinski definition) is 0. The average Bonchev–Trinajstić information content (AvgIpc) is 3.02. The maximum absolute atomic E-state index is 12.2. The average molecular weight is 327 g/mol. The van der Waals surface area contributed by atoms with Gasteiger partial charge in [0.1, 0.15) is 0 Å². The van der Waals surface area contributed by atoms with Crippen LogP contribution in [0.2, 0.25) is 5.02 Å². The van der Waals surface area contributed by atoms with Crippen LogP contribution in [0.5, 0.6) is 0 Å². The first-order chi connectivity index (χ1) is 11.2. The number of aromatic nitrogens is 2. The zero-order chi connectivity index (χ0) is 16.2. The summed E-state index contributed by atoms with van der Waals surface area (Å²) in [6.45, 7) is 2.06. The first kappa shape index (κ1) is 15.3. The van der Waals surface area contributed by atoms with Crippen molar-refractivity contribution in [3.63, 3.8) is 0 Å². The van der Waals surface area contributed by atoms with Crippen LogP contribution in [-0.4, -0.2) is 22.5 Å². The molecule has 0 radical (unpaired) electrons. The molecule has 0 saturated carbocycles. The molecule has 0 amide bonds. The largest absolute Gasteiger partial charge is 0.448 e. The van der Waals surface area contributed by atoms with Crippen molar-refractivity contribution in [2.45, 2.75) is 6.92 Å². The summed E-state index contributed by atoms with van der Waals surface area (Å²) in [5, 5.41) is 5.05. The molecule has 0 saturated heterocycles. The molecule has 0 atom stereocenters. The molecule has 1 aromatic heterocycles. The third-order valence-electron chi connectivity index (χ3n) is 3.36. The van der Waals surface area contributed by atoms with Gasteiger partial charge in [-0.25, -0.2) is 4.79 Å². The van der Waals surface area contributed by atoms with Crippen LogP contribution in [0, 0.1) is 0 Å². The number of carbonyl (C=O) groups is 1. The van der Waals surface area contributed by atoms with Gasteiger partial charge in [0.25, 0.3) is 0 Å². The van der Waals surface area contributed by atoms with Gasteiger partial charge in [-0.15, -0.1) is 0 Å². The van der Waals surface area contributed by atoms with Crippen LogP contribution >= 0.6 is 11.6 Å². The minimum atomic E-state index is -0.500. The molecule has 0 aliphatic rings. The second-order valence-electron chi connectivity index (χ2n) is 4.90. The summed E-state index contributed by atoms with van der Waals surface area (Å²) in [6, 6.07) is 18.8. The summed E-state index contributed by atoms with van der Waals surface area (Å²) >= 11 is 5.94. The fourth-order valence-electron chi connectivity index (χ4n) is 2.28. The van der Waals surface area contributed by atoms with E-state index in [0.717, 1.165) is 11.1 Å². The van der Waals surface area contributed by atoms with Gasteiger partial charge in [-0.2, -0.15) is 9.78 Å². The quantitative estimate of drug-likeness (QED) is 0.689. The van der Waals surface area contributed by atoms with Crippen molar-refractivity contribution in [3.8, 4) is 22.5 Å². The second kappa shape index (κ2) is 6.67. The van der Waals surface area contributed by atoms with Crippen molar-refractivity contribution in [2.75, 3.05) is 6.61 Å². The van der Waals surface area contributed by atoms with Gasteiger partial charge >= 0.3 is 6.09 Å². The Hall–Kier alpha value is -2.59. The Bertz CT molecular complexity index is 811. The Balaban J connectivity index is 2.10. The van der Waals surface area contributed by atoms with Crippen LogP contribution in [0.3, 0.4) is 0 Å². The molecule has 5 heteroatoms. The van der Waals surface area contributed by atoms with E-state index in [9.17, 15) is 4.79 Å². The highest BCUT2D eigenvalue weighted by molar-refractivity contribution is 6.30. The van der Waals surface area contributed by atoms with Gasteiger partial charge in [0, 0.05) is 16.1 Å². The molecule has 0 bridgehead atoms. The lowest BCUT2D eigenvalue weighted by Gasteiger charge is -2.06. The Morgan fingerprint density at radius 3 is 2.43 bits per heavy atom. The lowest BCUT2D eigenvalue weighted by Crippen LogP contribution is -2.16. The van der Waals surface area contributed by atoms with E-state index in [-0.39, 0.29) is 0 Å². The highest BCUT2D eigenvalue weighted by Crippen LogP contribution is 2.27. The monoisotopic (exact) mass is 326 g/mol. The number of rotatable bonds is 3. The molecular weight excluding hydrogens is 312 g/mol. The molecule has 2 aromatic carbocycles. The molecule has 116 valence electrons. The topological polar surface area (TPSA) is 44.1 Å². The van der Waals surface area contributed by atoms with Crippen LogP contribution in [0.4, 0.5) is 4.79 Å². The number of nitrogens with zero attached hydrogens (tertiary/aromatic N) is 2. The predicted octanol–water partition coefficient (Wildman–Crippen LogP) is 4.88. The maximum Gasteiger partial charge on any atom is 0.435 e. The standard InChI is InChI=1S/C18H15ClN2O2/c1-2-23-18(22)21-17(14-8-10-15(19)11-9-14)12-16(20-21)13-6-4-3-5-7-13/h3-12H,2H2,1H3. The zero-order valence-electron chi connectivity index (χ0n) is 12.6. The van der Waals surface area contributed by atoms with Gasteiger partial charge in [-0.05, 0) is 25.1 Å². The van der Waals surface area contributed by atoms with E-state index in [1.54, 1.807) is 19.1 Å². The number of ether oxygens (including phenoxy) is 1. The third kappa shape index (κ3) is 3.27. The summed E-state index contributed by atoms with van der Waals surface area (Å²) in [4.78, 5) is 12.2. The number of carbonyl (C=O) groups excluding carboxylic acids is 1. The van der Waals surface area contributed by atoms with Crippen LogP contribution in [0.1, 0.15) is 6.92 Å². The number of halogens is 1. The van der Waals surface area contributed by atoms with Crippen molar-refractivity contribution >= 4 is 17.7 Å². The summed E-state index contributed by atoms with van der Waals surface area (Å²) in [5.41, 5.74) is 3.16. The lowest BCUT2D eigenvalue weighted by atomic mass is 10.1. The van der Waals surface area contributed by atoms with Crippen LogP contribution < -0.4 is 0 Å². The zero-order valence-corrected chi connectivity index (χ0v) is 13.3. The lowest BCUT2D eigenvalue weighted by molar-refractivity contribution is 0.151. The number of hydrogen-bond acceptors (Lipinski definition) is 3. The Morgan fingerprint density at radius 2 is 1.78 bits per heavy atom. The van der Waals surface area contributed by atoms with Crippen LogP contribution in [-0.2, 0) is 4.74 Å². The first-order valence-corrected chi connectivity index (χ1v) is 7.65. The molecule has 0 aliphatic carbocycles. The third-order valence-corrected chi connectivity index (χ3v) is 3.61. The molecule has 0 aliphatic heterocycles. The van der Waals surface area contributed by atoms with Crippen molar-refractivity contribution in [1.82, 2.24) is 9.78 Å². The van der Waals surface area contributed by atoms with Crippen molar-refractivity contribution in [1.29, 1.82) is 0 Å². The summed E-state index contributed by atoms with van der Waals surface area (Å²) in [6.07, 6.45) is -0.500. The molecule has 0 spiro atoms. The van der Waals surface area contributed by atoms with E-state index in [0.29, 0.717) is 23.0 Å². The molecule has 0 fully saturated rings. The van der Waals surface area contributed by atoms with E-state index < -0.39 is 6.09 Å². The number of benzene rings is 2. The van der Waals surface area contributed by atoms with Gasteiger partial charge < -0.3 is 4.74 Å². The Kier molecular flexibility index (Phi) is 4.44. The predicted molar refractivity (Wildman–Crippen MR) is 90.5 cm³/mol. The summed E-state index contributed by atoms with van der Waals surface area (Å²) in [7, 11) is 0. The molecule has 23 heavy (non-hydrogen) atoms. The molecule has 0 N–H and O–H groups in total. The van der Waals surface area contributed by atoms with Gasteiger partial charge in [0.15, 0.2) is 0 Å². The highest BCUT2D eigenvalue weighted by atomic mass is 35.5. The molecule has 3 aromatic rings. The van der Waals surface area contributed by atoms with Crippen LogP contribution in [0.25, 0.3) is 22.5 Å². The Labute approximate surface area is 139 Å². The van der Waals surface area contributed by atoms with E-state index in [1.807, 2.05) is 48.5 Å². The van der Waals surface area contributed by atoms with E-state index in [1.165, 1.54) is 4.68 Å². The fourth-order valence-corrected chi connectivity index (χ4v) is 2.41. The minimum Gasteiger partial charge on any atom is -0.448 e. The molecule has 0 unspecified atom stereocenters. The van der Waals surface area contributed by atoms with E-state index >= 15 is 0 Å². The first-order valence-electron chi connectivity index (χ1n) is 7.27. The normalized spacial score (nSPS) is 10.5. The van der Waals surface area contributed by atoms with Crippen molar-refractivity contribution in [2.24, 2.45) is 0 Å². The second-order valence-corrected chi connectivity index (χ2v) is 5.33. The van der Waals surface area contributed by atoms with Crippen molar-refractivity contribution in [3.05, 3.63) is 65.7 Å². The van der Waals surface area contributed by atoms with Crippen LogP contribution in [0.15, 0.2) is 60.7 Å². The van der Waals surface area contributed by atoms with Gasteiger partial charge in [0.2, 0.25) is 0 Å².